The molecule has 0 spiro atoms. The van der Waals surface area contributed by atoms with Gasteiger partial charge in [0.25, 0.3) is 0 Å². The lowest BCUT2D eigenvalue weighted by molar-refractivity contribution is 0.530. The second-order valence-electron chi connectivity index (χ2n) is 6.86. The molecule has 1 heterocycles. The van der Waals surface area contributed by atoms with Gasteiger partial charge in [-0.1, -0.05) is 72.8 Å². The van der Waals surface area contributed by atoms with Gasteiger partial charge in [-0.05, 0) is 29.3 Å². The third kappa shape index (κ3) is 3.47. The van der Waals surface area contributed by atoms with Gasteiger partial charge in [0.05, 0.1) is 5.56 Å². The SMILES string of the molecule is CN(C)c1ccc(-c2cc(-c3ccccc3)c(=O)oc2-c2ccccc2)cc1. The molecule has 0 N–H and O–H groups in total. The van der Waals surface area contributed by atoms with E-state index in [9.17, 15) is 4.79 Å². The van der Waals surface area contributed by atoms with E-state index in [1.165, 1.54) is 0 Å². The molecule has 0 bridgehead atoms. The van der Waals surface area contributed by atoms with Gasteiger partial charge in [-0.3, -0.25) is 0 Å². The third-order valence-electron chi connectivity index (χ3n) is 4.76. The van der Waals surface area contributed by atoms with E-state index in [2.05, 4.69) is 29.2 Å². The lowest BCUT2D eigenvalue weighted by Crippen LogP contribution is -2.08. The van der Waals surface area contributed by atoms with Crippen molar-refractivity contribution in [2.75, 3.05) is 19.0 Å². The first-order chi connectivity index (χ1) is 13.6. The fourth-order valence-electron chi connectivity index (χ4n) is 3.25. The molecule has 4 rings (SSSR count). The quantitative estimate of drug-likeness (QED) is 0.463. The van der Waals surface area contributed by atoms with Crippen LogP contribution in [0, 0.1) is 0 Å². The average molecular weight is 367 g/mol. The summed E-state index contributed by atoms with van der Waals surface area (Å²) in [7, 11) is 4.03. The largest absolute Gasteiger partial charge is 0.422 e. The Kier molecular flexibility index (Phi) is 4.81. The van der Waals surface area contributed by atoms with Crippen molar-refractivity contribution >= 4 is 5.69 Å². The van der Waals surface area contributed by atoms with Gasteiger partial charge in [0.2, 0.25) is 0 Å². The van der Waals surface area contributed by atoms with Gasteiger partial charge in [0.15, 0.2) is 0 Å². The van der Waals surface area contributed by atoms with E-state index in [0.29, 0.717) is 11.3 Å². The fraction of sp³-hybridized carbons (Fsp3) is 0.0800. The molecule has 138 valence electrons. The van der Waals surface area contributed by atoms with E-state index in [0.717, 1.165) is 27.9 Å². The van der Waals surface area contributed by atoms with Crippen molar-refractivity contribution in [2.24, 2.45) is 0 Å². The van der Waals surface area contributed by atoms with E-state index in [4.69, 9.17) is 4.42 Å². The molecular formula is C25H21NO2. The molecule has 28 heavy (non-hydrogen) atoms. The van der Waals surface area contributed by atoms with Crippen LogP contribution in [0.4, 0.5) is 5.69 Å². The predicted molar refractivity (Wildman–Crippen MR) is 116 cm³/mol. The molecule has 0 radical (unpaired) electrons. The van der Waals surface area contributed by atoms with Crippen molar-refractivity contribution in [2.45, 2.75) is 0 Å². The summed E-state index contributed by atoms with van der Waals surface area (Å²) in [4.78, 5) is 14.8. The Morgan fingerprint density at radius 1 is 0.643 bits per heavy atom. The standard InChI is InChI=1S/C25H21NO2/c1-26(2)21-15-13-19(14-16-21)22-17-23(18-9-5-3-6-10-18)25(27)28-24(22)20-11-7-4-8-12-20/h3-17H,1-2H3. The smallest absolute Gasteiger partial charge is 0.344 e. The Morgan fingerprint density at radius 2 is 1.18 bits per heavy atom. The maximum Gasteiger partial charge on any atom is 0.344 e. The number of rotatable bonds is 4. The summed E-state index contributed by atoms with van der Waals surface area (Å²) in [5.41, 5.74) is 4.98. The zero-order valence-corrected chi connectivity index (χ0v) is 15.9. The summed E-state index contributed by atoms with van der Waals surface area (Å²) in [5, 5.41) is 0. The maximum absolute atomic E-state index is 12.8. The Morgan fingerprint density at radius 3 is 1.75 bits per heavy atom. The summed E-state index contributed by atoms with van der Waals surface area (Å²) in [5.74, 6) is 0.586. The van der Waals surface area contributed by atoms with E-state index in [-0.39, 0.29) is 5.63 Å². The molecule has 0 fully saturated rings. The Labute approximate surface area is 164 Å². The predicted octanol–water partition coefficient (Wildman–Crippen LogP) is 5.71. The normalized spacial score (nSPS) is 10.6. The minimum absolute atomic E-state index is 0.335. The first kappa shape index (κ1) is 17.8. The van der Waals surface area contributed by atoms with Crippen molar-refractivity contribution < 1.29 is 4.42 Å². The zero-order valence-electron chi connectivity index (χ0n) is 15.9. The summed E-state index contributed by atoms with van der Waals surface area (Å²) >= 11 is 0. The molecule has 0 aliphatic rings. The van der Waals surface area contributed by atoms with Gasteiger partial charge in [-0.2, -0.15) is 0 Å². The van der Waals surface area contributed by atoms with Crippen molar-refractivity contribution in [3.8, 4) is 33.6 Å². The van der Waals surface area contributed by atoms with E-state index in [1.54, 1.807) is 0 Å². The molecule has 4 aromatic rings. The maximum atomic E-state index is 12.8. The van der Waals surface area contributed by atoms with Crippen molar-refractivity contribution in [3.05, 3.63) is 101 Å². The average Bonchev–Trinajstić information content (AvgIpc) is 2.75. The summed E-state index contributed by atoms with van der Waals surface area (Å²) in [6, 6.07) is 29.6. The van der Waals surface area contributed by atoms with E-state index in [1.807, 2.05) is 80.8 Å². The van der Waals surface area contributed by atoms with Gasteiger partial charge in [-0.25, -0.2) is 4.79 Å². The number of benzene rings is 3. The highest BCUT2D eigenvalue weighted by molar-refractivity contribution is 5.83. The monoisotopic (exact) mass is 367 g/mol. The van der Waals surface area contributed by atoms with Crippen LogP contribution in [0.25, 0.3) is 33.6 Å². The molecule has 1 aromatic heterocycles. The minimum atomic E-state index is -0.335. The van der Waals surface area contributed by atoms with Crippen LogP contribution in [0.2, 0.25) is 0 Å². The highest BCUT2D eigenvalue weighted by Gasteiger charge is 2.16. The van der Waals surface area contributed by atoms with E-state index < -0.39 is 0 Å². The van der Waals surface area contributed by atoms with Crippen molar-refractivity contribution in [1.82, 2.24) is 0 Å². The van der Waals surface area contributed by atoms with Crippen LogP contribution in [-0.4, -0.2) is 14.1 Å². The van der Waals surface area contributed by atoms with Crippen LogP contribution in [0.1, 0.15) is 0 Å². The van der Waals surface area contributed by atoms with Gasteiger partial charge in [0, 0.05) is 30.9 Å². The van der Waals surface area contributed by atoms with Gasteiger partial charge in [0.1, 0.15) is 5.76 Å². The van der Waals surface area contributed by atoms with Crippen LogP contribution in [0.15, 0.2) is 100 Å². The van der Waals surface area contributed by atoms with Crippen molar-refractivity contribution in [3.63, 3.8) is 0 Å². The highest BCUT2D eigenvalue weighted by atomic mass is 16.4. The molecule has 3 heteroatoms. The van der Waals surface area contributed by atoms with Crippen LogP contribution in [0.3, 0.4) is 0 Å². The minimum Gasteiger partial charge on any atom is -0.422 e. The van der Waals surface area contributed by atoms with Gasteiger partial charge in [-0.15, -0.1) is 0 Å². The Balaban J connectivity index is 1.94. The lowest BCUT2D eigenvalue weighted by atomic mass is 9.97. The van der Waals surface area contributed by atoms with Crippen LogP contribution >= 0.6 is 0 Å². The lowest BCUT2D eigenvalue weighted by Gasteiger charge is -2.14. The molecule has 3 nitrogen and oxygen atoms in total. The third-order valence-corrected chi connectivity index (χ3v) is 4.76. The van der Waals surface area contributed by atoms with Crippen LogP contribution in [0.5, 0.6) is 0 Å². The second kappa shape index (κ2) is 7.57. The van der Waals surface area contributed by atoms with Crippen LogP contribution < -0.4 is 10.5 Å². The molecule has 0 saturated heterocycles. The zero-order chi connectivity index (χ0) is 19.5. The number of nitrogens with zero attached hydrogens (tertiary/aromatic N) is 1. The summed E-state index contributed by atoms with van der Waals surface area (Å²) in [6.45, 7) is 0. The molecule has 0 amide bonds. The molecular weight excluding hydrogens is 346 g/mol. The second-order valence-corrected chi connectivity index (χ2v) is 6.86. The van der Waals surface area contributed by atoms with Gasteiger partial charge >= 0.3 is 5.63 Å². The Hall–Kier alpha value is -3.59. The molecule has 0 saturated carbocycles. The topological polar surface area (TPSA) is 33.5 Å². The Bertz CT molecular complexity index is 1130. The number of hydrogen-bond donors (Lipinski definition) is 0. The first-order valence-corrected chi connectivity index (χ1v) is 9.20. The molecule has 0 aliphatic carbocycles. The van der Waals surface area contributed by atoms with Crippen molar-refractivity contribution in [1.29, 1.82) is 0 Å². The molecule has 0 aliphatic heterocycles. The fourth-order valence-corrected chi connectivity index (χ4v) is 3.25. The highest BCUT2D eigenvalue weighted by Crippen LogP contribution is 2.34. The van der Waals surface area contributed by atoms with Gasteiger partial charge < -0.3 is 9.32 Å². The van der Waals surface area contributed by atoms with E-state index >= 15 is 0 Å². The molecule has 3 aromatic carbocycles. The molecule has 0 unspecified atom stereocenters. The summed E-state index contributed by atoms with van der Waals surface area (Å²) in [6.07, 6.45) is 0. The van der Waals surface area contributed by atoms with Crippen LogP contribution in [-0.2, 0) is 0 Å². The summed E-state index contributed by atoms with van der Waals surface area (Å²) < 4.78 is 5.85. The number of hydrogen-bond acceptors (Lipinski definition) is 3. The first-order valence-electron chi connectivity index (χ1n) is 9.20. The molecule has 0 atom stereocenters. The number of anilines is 1.